The van der Waals surface area contributed by atoms with Crippen LogP contribution in [-0.4, -0.2) is 29.1 Å². The molecule has 1 aliphatic rings. The second-order valence-electron chi connectivity index (χ2n) is 7.18. The SMILES string of the molecule is CCN(CC)c1ccc(N=C2NC(=O)C(=Cc3ccc(-c4ccc([N+](=O)[O-])cc4)o3)S2)cc1. The highest BCUT2D eigenvalue weighted by Crippen LogP contribution is 2.31. The molecule has 9 heteroatoms. The Morgan fingerprint density at radius 2 is 1.76 bits per heavy atom. The van der Waals surface area contributed by atoms with Crippen LogP contribution in [0.25, 0.3) is 17.4 Å². The summed E-state index contributed by atoms with van der Waals surface area (Å²) in [4.78, 5) is 30.0. The number of amides is 1. The van der Waals surface area contributed by atoms with Crippen LogP contribution in [0, 0.1) is 10.1 Å². The highest BCUT2D eigenvalue weighted by molar-refractivity contribution is 8.18. The maximum Gasteiger partial charge on any atom is 0.269 e. The first kappa shape index (κ1) is 22.3. The molecule has 0 saturated carbocycles. The number of hydrogen-bond donors (Lipinski definition) is 1. The van der Waals surface area contributed by atoms with Crippen LogP contribution in [0.1, 0.15) is 19.6 Å². The molecule has 3 aromatic rings. The number of non-ortho nitro benzene ring substituents is 1. The van der Waals surface area contributed by atoms with Crippen LogP contribution in [0.15, 0.2) is 75.0 Å². The second kappa shape index (κ2) is 9.74. The van der Waals surface area contributed by atoms with Gasteiger partial charge in [-0.25, -0.2) is 4.99 Å². The number of carbonyl (C=O) groups excluding carboxylic acids is 1. The number of nitro benzene ring substituents is 1. The lowest BCUT2D eigenvalue weighted by molar-refractivity contribution is -0.384. The van der Waals surface area contributed by atoms with Crippen molar-refractivity contribution in [2.24, 2.45) is 4.99 Å². The number of rotatable bonds is 7. The van der Waals surface area contributed by atoms with Crippen molar-refractivity contribution in [3.8, 4) is 11.3 Å². The molecule has 4 rings (SSSR count). The molecule has 0 radical (unpaired) electrons. The zero-order valence-electron chi connectivity index (χ0n) is 18.1. The van der Waals surface area contributed by atoms with Crippen LogP contribution in [0.3, 0.4) is 0 Å². The van der Waals surface area contributed by atoms with Crippen molar-refractivity contribution >= 4 is 46.0 Å². The smallest absolute Gasteiger partial charge is 0.269 e. The van der Waals surface area contributed by atoms with E-state index in [0.717, 1.165) is 24.5 Å². The van der Waals surface area contributed by atoms with E-state index in [0.29, 0.717) is 27.2 Å². The van der Waals surface area contributed by atoms with E-state index in [1.165, 1.54) is 23.9 Å². The van der Waals surface area contributed by atoms with Gasteiger partial charge in [0.05, 0.1) is 15.5 Å². The minimum absolute atomic E-state index is 0.0150. The topological polar surface area (TPSA) is 101 Å². The van der Waals surface area contributed by atoms with Crippen molar-refractivity contribution in [3.05, 3.63) is 81.4 Å². The molecule has 8 nitrogen and oxygen atoms in total. The largest absolute Gasteiger partial charge is 0.457 e. The molecule has 1 N–H and O–H groups in total. The number of anilines is 1. The monoisotopic (exact) mass is 462 g/mol. The number of benzene rings is 2. The molecule has 168 valence electrons. The molecule has 1 aromatic heterocycles. The van der Waals surface area contributed by atoms with E-state index in [1.54, 1.807) is 30.3 Å². The average molecular weight is 463 g/mol. The third kappa shape index (κ3) is 5.15. The molecule has 0 aliphatic carbocycles. The molecule has 33 heavy (non-hydrogen) atoms. The second-order valence-corrected chi connectivity index (χ2v) is 8.21. The first-order valence-corrected chi connectivity index (χ1v) is 11.3. The maximum atomic E-state index is 12.4. The predicted molar refractivity (Wildman–Crippen MR) is 132 cm³/mol. The Hall–Kier alpha value is -3.85. The number of thioether (sulfide) groups is 1. The molecule has 2 heterocycles. The summed E-state index contributed by atoms with van der Waals surface area (Å²) in [7, 11) is 0. The van der Waals surface area contributed by atoms with E-state index >= 15 is 0 Å². The Morgan fingerprint density at radius 1 is 1.06 bits per heavy atom. The lowest BCUT2D eigenvalue weighted by atomic mass is 10.1. The Balaban J connectivity index is 1.47. The Kier molecular flexibility index (Phi) is 6.60. The van der Waals surface area contributed by atoms with Gasteiger partial charge >= 0.3 is 0 Å². The van der Waals surface area contributed by atoms with Crippen molar-refractivity contribution < 1.29 is 14.1 Å². The lowest BCUT2D eigenvalue weighted by Gasteiger charge is -2.20. The molecule has 0 unspecified atom stereocenters. The summed E-state index contributed by atoms with van der Waals surface area (Å²) in [6.45, 7) is 6.10. The van der Waals surface area contributed by atoms with Crippen LogP contribution in [0.4, 0.5) is 17.1 Å². The van der Waals surface area contributed by atoms with Gasteiger partial charge in [0.25, 0.3) is 11.6 Å². The minimum Gasteiger partial charge on any atom is -0.457 e. The van der Waals surface area contributed by atoms with E-state index in [4.69, 9.17) is 4.42 Å². The summed E-state index contributed by atoms with van der Waals surface area (Å²) in [6.07, 6.45) is 1.65. The zero-order valence-corrected chi connectivity index (χ0v) is 19.0. The lowest BCUT2D eigenvalue weighted by Crippen LogP contribution is -2.21. The van der Waals surface area contributed by atoms with E-state index in [9.17, 15) is 14.9 Å². The van der Waals surface area contributed by atoms with Crippen LogP contribution in [0.5, 0.6) is 0 Å². The van der Waals surface area contributed by atoms with Gasteiger partial charge in [-0.2, -0.15) is 0 Å². The number of nitrogens with one attached hydrogen (secondary N) is 1. The molecule has 1 fully saturated rings. The molecule has 0 spiro atoms. The van der Waals surface area contributed by atoms with Crippen molar-refractivity contribution in [3.63, 3.8) is 0 Å². The highest BCUT2D eigenvalue weighted by atomic mass is 32.2. The van der Waals surface area contributed by atoms with Crippen LogP contribution >= 0.6 is 11.8 Å². The van der Waals surface area contributed by atoms with Crippen LogP contribution in [0.2, 0.25) is 0 Å². The van der Waals surface area contributed by atoms with Crippen molar-refractivity contribution in [1.29, 1.82) is 0 Å². The highest BCUT2D eigenvalue weighted by Gasteiger charge is 2.24. The standard InChI is InChI=1S/C24H22N4O4S/c1-3-27(4-2)18-11-7-17(8-12-18)25-24-26-23(29)22(33-24)15-20-13-14-21(32-20)16-5-9-19(10-6-16)28(30)31/h5-15H,3-4H2,1-2H3,(H,25,26,29). The first-order valence-electron chi connectivity index (χ1n) is 10.5. The van der Waals surface area contributed by atoms with Gasteiger partial charge in [-0.3, -0.25) is 14.9 Å². The van der Waals surface area contributed by atoms with Gasteiger partial charge in [-0.05, 0) is 74.1 Å². The molecule has 1 saturated heterocycles. The van der Waals surface area contributed by atoms with Crippen LogP contribution < -0.4 is 10.2 Å². The number of carbonyl (C=O) groups is 1. The fourth-order valence-corrected chi connectivity index (χ4v) is 4.21. The summed E-state index contributed by atoms with van der Waals surface area (Å²) in [6, 6.07) is 17.5. The summed E-state index contributed by atoms with van der Waals surface area (Å²) in [5.74, 6) is 0.819. The van der Waals surface area contributed by atoms with Gasteiger partial charge in [0.2, 0.25) is 0 Å². The van der Waals surface area contributed by atoms with Crippen molar-refractivity contribution in [2.75, 3.05) is 18.0 Å². The molecule has 0 atom stereocenters. The van der Waals surface area contributed by atoms with Gasteiger partial charge in [0.1, 0.15) is 11.5 Å². The summed E-state index contributed by atoms with van der Waals surface area (Å²) in [5.41, 5.74) is 2.62. The Morgan fingerprint density at radius 3 is 2.39 bits per heavy atom. The fourth-order valence-electron chi connectivity index (χ4n) is 3.39. The summed E-state index contributed by atoms with van der Waals surface area (Å²) >= 11 is 1.24. The summed E-state index contributed by atoms with van der Waals surface area (Å²) in [5, 5.41) is 14.1. The van der Waals surface area contributed by atoms with Crippen molar-refractivity contribution in [1.82, 2.24) is 5.32 Å². The molecular weight excluding hydrogens is 440 g/mol. The number of nitro groups is 1. The van der Waals surface area contributed by atoms with Crippen LogP contribution in [-0.2, 0) is 4.79 Å². The molecule has 1 amide bonds. The third-order valence-corrected chi connectivity index (χ3v) is 6.03. The van der Waals surface area contributed by atoms with E-state index < -0.39 is 4.92 Å². The zero-order chi connectivity index (χ0) is 23.4. The molecule has 0 bridgehead atoms. The minimum atomic E-state index is -0.448. The van der Waals surface area contributed by atoms with Gasteiger partial charge in [0.15, 0.2) is 5.17 Å². The normalized spacial score (nSPS) is 15.8. The average Bonchev–Trinajstić information content (AvgIpc) is 3.42. The predicted octanol–water partition coefficient (Wildman–Crippen LogP) is 5.59. The Labute approximate surface area is 195 Å². The number of furan rings is 1. The van der Waals surface area contributed by atoms with Gasteiger partial charge < -0.3 is 14.6 Å². The molecule has 2 aromatic carbocycles. The molecule has 1 aliphatic heterocycles. The van der Waals surface area contributed by atoms with E-state index in [1.807, 2.05) is 24.3 Å². The maximum absolute atomic E-state index is 12.4. The first-order chi connectivity index (χ1) is 16.0. The van der Waals surface area contributed by atoms with E-state index in [-0.39, 0.29) is 11.6 Å². The fraction of sp³-hybridized carbons (Fsp3) is 0.167. The quantitative estimate of drug-likeness (QED) is 0.279. The van der Waals surface area contributed by atoms with Crippen molar-refractivity contribution in [2.45, 2.75) is 13.8 Å². The number of aliphatic imine (C=N–C) groups is 1. The van der Waals surface area contributed by atoms with E-state index in [2.05, 4.69) is 29.1 Å². The number of hydrogen-bond acceptors (Lipinski definition) is 7. The molecular formula is C24H22N4O4S. The Bertz CT molecular complexity index is 1230. The van der Waals surface area contributed by atoms with Gasteiger partial charge in [-0.1, -0.05) is 0 Å². The number of amidine groups is 1. The van der Waals surface area contributed by atoms with Gasteiger partial charge in [0, 0.05) is 42.5 Å². The third-order valence-electron chi connectivity index (χ3n) is 5.12. The summed E-state index contributed by atoms with van der Waals surface area (Å²) < 4.78 is 5.81. The number of nitrogens with zero attached hydrogens (tertiary/aromatic N) is 3. The van der Waals surface area contributed by atoms with Gasteiger partial charge in [-0.15, -0.1) is 0 Å².